The largest absolute Gasteiger partial charge is 0.319 e. The van der Waals surface area contributed by atoms with E-state index in [1.54, 1.807) is 11.3 Å². The highest BCUT2D eigenvalue weighted by Crippen LogP contribution is 2.34. The van der Waals surface area contributed by atoms with Crippen LogP contribution >= 0.6 is 11.3 Å². The van der Waals surface area contributed by atoms with Crippen molar-refractivity contribution in [2.45, 2.75) is 24.8 Å². The first kappa shape index (κ1) is 9.93. The Hall–Kier alpha value is -1.26. The van der Waals surface area contributed by atoms with Crippen LogP contribution in [0.3, 0.4) is 0 Å². The Morgan fingerprint density at radius 1 is 1.44 bits per heavy atom. The van der Waals surface area contributed by atoms with Gasteiger partial charge in [-0.15, -0.1) is 11.3 Å². The molecule has 1 aliphatic carbocycles. The van der Waals surface area contributed by atoms with Crippen molar-refractivity contribution in [2.75, 3.05) is 0 Å². The van der Waals surface area contributed by atoms with Gasteiger partial charge in [0, 0.05) is 0 Å². The predicted molar refractivity (Wildman–Crippen MR) is 64.5 cm³/mol. The Morgan fingerprint density at radius 3 is 2.88 bits per heavy atom. The lowest BCUT2D eigenvalue weighted by molar-refractivity contribution is -0.120. The molecule has 1 fully saturated rings. The van der Waals surface area contributed by atoms with Crippen LogP contribution in [0.25, 0.3) is 10.2 Å². The highest BCUT2D eigenvalue weighted by atomic mass is 32.1. The summed E-state index contributed by atoms with van der Waals surface area (Å²) in [5, 5.41) is 0.878. The summed E-state index contributed by atoms with van der Waals surface area (Å²) >= 11 is 1.58. The third-order valence-corrected chi connectivity index (χ3v) is 4.03. The molecule has 2 aromatic rings. The molecule has 0 amide bonds. The molecule has 0 aliphatic heterocycles. The summed E-state index contributed by atoms with van der Waals surface area (Å²) in [5.74, 6) is 0.131. The topological polar surface area (TPSA) is 56.0 Å². The molecule has 0 radical (unpaired) electrons. The summed E-state index contributed by atoms with van der Waals surface area (Å²) in [6.45, 7) is 0. The monoisotopic (exact) mass is 232 g/mol. The molecule has 3 nitrogen and oxygen atoms in total. The number of carbonyl (C=O) groups is 1. The fourth-order valence-electron chi connectivity index (χ4n) is 1.72. The van der Waals surface area contributed by atoms with E-state index in [-0.39, 0.29) is 5.78 Å². The molecule has 82 valence electrons. The SMILES string of the molecule is NC1(C(=O)Cc2nc3ccccc3s2)CC1. The first-order valence-corrected chi connectivity index (χ1v) is 6.16. The van der Waals surface area contributed by atoms with Crippen LogP contribution in [0, 0.1) is 0 Å². The molecule has 4 heteroatoms. The third-order valence-electron chi connectivity index (χ3n) is 2.99. The maximum Gasteiger partial charge on any atom is 0.159 e. The van der Waals surface area contributed by atoms with Gasteiger partial charge in [-0.3, -0.25) is 4.79 Å². The van der Waals surface area contributed by atoms with E-state index in [2.05, 4.69) is 4.98 Å². The second-order valence-electron chi connectivity index (χ2n) is 4.33. The predicted octanol–water partition coefficient (Wildman–Crippen LogP) is 1.90. The minimum Gasteiger partial charge on any atom is -0.319 e. The number of nitrogens with zero attached hydrogens (tertiary/aromatic N) is 1. The number of carbonyl (C=O) groups excluding carboxylic acids is 1. The normalized spacial score (nSPS) is 17.6. The number of para-hydroxylation sites is 1. The van der Waals surface area contributed by atoms with Crippen molar-refractivity contribution in [1.29, 1.82) is 0 Å². The number of hydrogen-bond acceptors (Lipinski definition) is 4. The number of aromatic nitrogens is 1. The summed E-state index contributed by atoms with van der Waals surface area (Å²) in [7, 11) is 0. The van der Waals surface area contributed by atoms with Crippen LogP contribution in [0.4, 0.5) is 0 Å². The van der Waals surface area contributed by atoms with Crippen LogP contribution in [-0.4, -0.2) is 16.3 Å². The highest BCUT2D eigenvalue weighted by Gasteiger charge is 2.45. The van der Waals surface area contributed by atoms with Crippen molar-refractivity contribution in [3.05, 3.63) is 29.3 Å². The number of nitrogens with two attached hydrogens (primary N) is 1. The van der Waals surface area contributed by atoms with Crippen molar-refractivity contribution in [3.63, 3.8) is 0 Å². The number of hydrogen-bond donors (Lipinski definition) is 1. The molecule has 0 atom stereocenters. The zero-order valence-electron chi connectivity index (χ0n) is 8.77. The van der Waals surface area contributed by atoms with Crippen LogP contribution < -0.4 is 5.73 Å². The summed E-state index contributed by atoms with van der Waals surface area (Å²) in [4.78, 5) is 16.3. The zero-order chi connectivity index (χ0) is 11.2. The van der Waals surface area contributed by atoms with Gasteiger partial charge in [-0.2, -0.15) is 0 Å². The number of benzene rings is 1. The molecule has 0 spiro atoms. The fourth-order valence-corrected chi connectivity index (χ4v) is 2.69. The fraction of sp³-hybridized carbons (Fsp3) is 0.333. The Bertz CT molecular complexity index is 524. The van der Waals surface area contributed by atoms with Crippen LogP contribution in [0.1, 0.15) is 17.8 Å². The number of rotatable bonds is 3. The van der Waals surface area contributed by atoms with E-state index in [0.717, 1.165) is 28.1 Å². The second kappa shape index (κ2) is 3.37. The van der Waals surface area contributed by atoms with E-state index in [0.29, 0.717) is 6.42 Å². The Labute approximate surface area is 97.3 Å². The number of fused-ring (bicyclic) bond motifs is 1. The molecule has 0 bridgehead atoms. The minimum absolute atomic E-state index is 0.131. The van der Waals surface area contributed by atoms with E-state index < -0.39 is 5.54 Å². The van der Waals surface area contributed by atoms with Crippen LogP contribution in [0.5, 0.6) is 0 Å². The van der Waals surface area contributed by atoms with Gasteiger partial charge in [0.25, 0.3) is 0 Å². The Balaban J connectivity index is 1.87. The highest BCUT2D eigenvalue weighted by molar-refractivity contribution is 7.18. The molecule has 1 heterocycles. The first-order valence-electron chi connectivity index (χ1n) is 5.34. The van der Waals surface area contributed by atoms with Crippen LogP contribution in [-0.2, 0) is 11.2 Å². The average Bonchev–Trinajstić information content (AvgIpc) is 2.90. The first-order chi connectivity index (χ1) is 7.67. The number of Topliss-reactive ketones (excluding diaryl/α,β-unsaturated/α-hetero) is 1. The van der Waals surface area contributed by atoms with Crippen molar-refractivity contribution < 1.29 is 4.79 Å². The van der Waals surface area contributed by atoms with Gasteiger partial charge in [0.05, 0.1) is 22.2 Å². The molecule has 16 heavy (non-hydrogen) atoms. The van der Waals surface area contributed by atoms with Crippen molar-refractivity contribution >= 4 is 27.3 Å². The maximum absolute atomic E-state index is 11.8. The lowest BCUT2D eigenvalue weighted by Gasteiger charge is -2.04. The molecule has 2 N–H and O–H groups in total. The molecule has 3 rings (SSSR count). The van der Waals surface area contributed by atoms with Gasteiger partial charge in [0.2, 0.25) is 0 Å². The molecular weight excluding hydrogens is 220 g/mol. The van der Waals surface area contributed by atoms with Gasteiger partial charge in [-0.05, 0) is 25.0 Å². The van der Waals surface area contributed by atoms with E-state index in [9.17, 15) is 4.79 Å². The molecule has 1 aromatic carbocycles. The van der Waals surface area contributed by atoms with Crippen molar-refractivity contribution in [3.8, 4) is 0 Å². The lowest BCUT2D eigenvalue weighted by Crippen LogP contribution is -2.33. The standard InChI is InChI=1S/C12H12N2OS/c13-12(5-6-12)10(15)7-11-14-8-3-1-2-4-9(8)16-11/h1-4H,5-7,13H2. The Kier molecular flexibility index (Phi) is 2.09. The van der Waals surface area contributed by atoms with Gasteiger partial charge < -0.3 is 5.73 Å². The summed E-state index contributed by atoms with van der Waals surface area (Å²) in [5.41, 5.74) is 6.30. The Morgan fingerprint density at radius 2 is 2.19 bits per heavy atom. The third kappa shape index (κ3) is 1.64. The molecule has 1 aromatic heterocycles. The minimum atomic E-state index is -0.530. The lowest BCUT2D eigenvalue weighted by atomic mass is 10.1. The maximum atomic E-state index is 11.8. The molecular formula is C12H12N2OS. The van der Waals surface area contributed by atoms with Gasteiger partial charge in [0.1, 0.15) is 5.01 Å². The second-order valence-corrected chi connectivity index (χ2v) is 5.45. The summed E-state index contributed by atoms with van der Waals surface area (Å²) < 4.78 is 1.13. The van der Waals surface area contributed by atoms with Crippen LogP contribution in [0.2, 0.25) is 0 Å². The van der Waals surface area contributed by atoms with Crippen LogP contribution in [0.15, 0.2) is 24.3 Å². The molecule has 1 aliphatic rings. The van der Waals surface area contributed by atoms with Gasteiger partial charge in [0.15, 0.2) is 5.78 Å². The molecule has 1 saturated carbocycles. The summed E-state index contributed by atoms with van der Waals surface area (Å²) in [6.07, 6.45) is 2.04. The van der Waals surface area contributed by atoms with Crippen molar-refractivity contribution in [1.82, 2.24) is 4.98 Å². The van der Waals surface area contributed by atoms with Crippen molar-refractivity contribution in [2.24, 2.45) is 5.73 Å². The van der Waals surface area contributed by atoms with Gasteiger partial charge >= 0.3 is 0 Å². The number of thiazole rings is 1. The zero-order valence-corrected chi connectivity index (χ0v) is 9.59. The quantitative estimate of drug-likeness (QED) is 0.879. The van der Waals surface area contributed by atoms with E-state index >= 15 is 0 Å². The molecule has 0 unspecified atom stereocenters. The number of ketones is 1. The molecule has 0 saturated heterocycles. The van der Waals surface area contributed by atoms with Gasteiger partial charge in [-0.25, -0.2) is 4.98 Å². The smallest absolute Gasteiger partial charge is 0.159 e. The van der Waals surface area contributed by atoms with E-state index in [4.69, 9.17) is 5.73 Å². The van der Waals surface area contributed by atoms with E-state index in [1.165, 1.54) is 0 Å². The van der Waals surface area contributed by atoms with E-state index in [1.807, 2.05) is 24.3 Å². The summed E-state index contributed by atoms with van der Waals surface area (Å²) in [6, 6.07) is 7.93. The average molecular weight is 232 g/mol. The van der Waals surface area contributed by atoms with Gasteiger partial charge in [-0.1, -0.05) is 12.1 Å².